The van der Waals surface area contributed by atoms with E-state index in [1.807, 2.05) is 49.4 Å². The lowest BCUT2D eigenvalue weighted by Gasteiger charge is -2.09. The molecule has 0 spiro atoms. The Hall–Kier alpha value is -2.60. The molecule has 0 saturated carbocycles. The number of aromatic amines is 1. The van der Waals surface area contributed by atoms with E-state index in [0.29, 0.717) is 12.1 Å². The maximum atomic E-state index is 12.3. The zero-order valence-electron chi connectivity index (χ0n) is 13.4. The van der Waals surface area contributed by atoms with Crippen molar-refractivity contribution in [2.75, 3.05) is 10.5 Å². The molecule has 3 rings (SSSR count). The van der Waals surface area contributed by atoms with Gasteiger partial charge in [-0.2, -0.15) is 0 Å². The van der Waals surface area contributed by atoms with Crippen molar-refractivity contribution in [3.63, 3.8) is 0 Å². The van der Waals surface area contributed by atoms with Gasteiger partial charge in [0.15, 0.2) is 0 Å². The van der Waals surface area contributed by atoms with Crippen molar-refractivity contribution in [2.45, 2.75) is 13.3 Å². The molecule has 0 aliphatic carbocycles. The van der Waals surface area contributed by atoms with Gasteiger partial charge in [-0.1, -0.05) is 42.5 Å². The smallest absolute Gasteiger partial charge is 0.233 e. The number of hydrogen-bond donors (Lipinski definition) is 2. The van der Waals surface area contributed by atoms with E-state index in [1.165, 1.54) is 0 Å². The molecule has 6 heteroatoms. The predicted octanol–water partition coefficient (Wildman–Crippen LogP) is 3.37. The lowest BCUT2D eigenvalue weighted by molar-refractivity contribution is 0.600. The monoisotopic (exact) mass is 341 g/mol. The number of sulfonamides is 1. The number of aryl methyl sites for hydroxylation is 2. The second-order valence-corrected chi connectivity index (χ2v) is 7.46. The van der Waals surface area contributed by atoms with Crippen LogP contribution in [-0.2, 0) is 16.4 Å². The second kappa shape index (κ2) is 6.88. The molecule has 0 aliphatic rings. The number of hydrogen-bond acceptors (Lipinski definition) is 3. The van der Waals surface area contributed by atoms with Gasteiger partial charge in [0.1, 0.15) is 5.82 Å². The number of rotatable bonds is 6. The maximum Gasteiger partial charge on any atom is 0.233 e. The third kappa shape index (κ3) is 4.23. The van der Waals surface area contributed by atoms with Crippen LogP contribution in [0.1, 0.15) is 11.4 Å². The Morgan fingerprint density at radius 1 is 1.08 bits per heavy atom. The highest BCUT2D eigenvalue weighted by Gasteiger charge is 2.11. The summed E-state index contributed by atoms with van der Waals surface area (Å²) in [6, 6.07) is 16.9. The highest BCUT2D eigenvalue weighted by Crippen LogP contribution is 2.21. The molecule has 0 radical (unpaired) electrons. The topological polar surface area (TPSA) is 74.8 Å². The molecule has 0 bridgehead atoms. The van der Waals surface area contributed by atoms with Crippen molar-refractivity contribution in [1.82, 2.24) is 9.97 Å². The average Bonchev–Trinajstić information content (AvgIpc) is 3.01. The average molecular weight is 341 g/mol. The summed E-state index contributed by atoms with van der Waals surface area (Å²) in [5.74, 6) is 0.864. The van der Waals surface area contributed by atoms with Gasteiger partial charge in [0.2, 0.25) is 10.0 Å². The van der Waals surface area contributed by atoms with Crippen LogP contribution in [0, 0.1) is 6.92 Å². The van der Waals surface area contributed by atoms with Crippen molar-refractivity contribution < 1.29 is 8.42 Å². The van der Waals surface area contributed by atoms with Crippen LogP contribution >= 0.6 is 0 Å². The van der Waals surface area contributed by atoms with Crippen molar-refractivity contribution >= 4 is 15.7 Å². The number of H-pyrrole nitrogens is 1. The quantitative estimate of drug-likeness (QED) is 0.722. The number of imidazole rings is 1. The first-order chi connectivity index (χ1) is 11.5. The largest absolute Gasteiger partial charge is 0.342 e. The normalized spacial score (nSPS) is 11.4. The molecule has 2 aromatic carbocycles. The van der Waals surface area contributed by atoms with Gasteiger partial charge in [-0.05, 0) is 31.0 Å². The van der Waals surface area contributed by atoms with Gasteiger partial charge in [0.05, 0.1) is 17.6 Å². The Kier molecular flexibility index (Phi) is 4.66. The molecular formula is C18H19N3O2S. The van der Waals surface area contributed by atoms with Gasteiger partial charge in [0, 0.05) is 11.3 Å². The molecule has 24 heavy (non-hydrogen) atoms. The number of anilines is 1. The number of aromatic nitrogens is 2. The SMILES string of the molecule is Cc1ncc(-c2cccc(NS(=O)(=O)CCc3ccccc3)c2)[nH]1. The van der Waals surface area contributed by atoms with E-state index >= 15 is 0 Å². The molecule has 1 heterocycles. The summed E-state index contributed by atoms with van der Waals surface area (Å²) >= 11 is 0. The van der Waals surface area contributed by atoms with Crippen molar-refractivity contribution in [3.8, 4) is 11.3 Å². The summed E-state index contributed by atoms with van der Waals surface area (Å²) in [6.45, 7) is 1.87. The molecule has 0 amide bonds. The standard InChI is InChI=1S/C18H19N3O2S/c1-14-19-13-18(20-14)16-8-5-9-17(12-16)21-24(22,23)11-10-15-6-3-2-4-7-15/h2-9,12-13,21H,10-11H2,1H3,(H,19,20). The van der Waals surface area contributed by atoms with Gasteiger partial charge >= 0.3 is 0 Å². The van der Waals surface area contributed by atoms with Crippen LogP contribution in [0.4, 0.5) is 5.69 Å². The zero-order valence-corrected chi connectivity index (χ0v) is 14.2. The Bertz CT molecular complexity index is 918. The van der Waals surface area contributed by atoms with E-state index in [4.69, 9.17) is 0 Å². The summed E-state index contributed by atoms with van der Waals surface area (Å²) < 4.78 is 27.2. The van der Waals surface area contributed by atoms with Crippen LogP contribution < -0.4 is 4.72 Å². The lowest BCUT2D eigenvalue weighted by atomic mass is 10.1. The van der Waals surface area contributed by atoms with Crippen LogP contribution in [0.3, 0.4) is 0 Å². The Morgan fingerprint density at radius 3 is 2.58 bits per heavy atom. The molecule has 0 unspecified atom stereocenters. The van der Waals surface area contributed by atoms with E-state index < -0.39 is 10.0 Å². The van der Waals surface area contributed by atoms with Crippen LogP contribution in [0.2, 0.25) is 0 Å². The fraction of sp³-hybridized carbons (Fsp3) is 0.167. The van der Waals surface area contributed by atoms with Crippen molar-refractivity contribution in [3.05, 3.63) is 72.2 Å². The summed E-state index contributed by atoms with van der Waals surface area (Å²) in [4.78, 5) is 7.31. The third-order valence-electron chi connectivity index (χ3n) is 3.65. The van der Waals surface area contributed by atoms with Crippen molar-refractivity contribution in [1.29, 1.82) is 0 Å². The molecule has 5 nitrogen and oxygen atoms in total. The first-order valence-electron chi connectivity index (χ1n) is 7.68. The Labute approximate surface area is 141 Å². The van der Waals surface area contributed by atoms with Gasteiger partial charge < -0.3 is 4.98 Å². The van der Waals surface area contributed by atoms with Gasteiger partial charge in [-0.3, -0.25) is 4.72 Å². The molecule has 0 aliphatic heterocycles. The van der Waals surface area contributed by atoms with E-state index in [-0.39, 0.29) is 5.75 Å². The Balaban J connectivity index is 1.70. The van der Waals surface area contributed by atoms with Crippen LogP contribution in [0.15, 0.2) is 60.8 Å². The minimum Gasteiger partial charge on any atom is -0.342 e. The van der Waals surface area contributed by atoms with Crippen LogP contribution in [0.5, 0.6) is 0 Å². The number of nitrogens with one attached hydrogen (secondary N) is 2. The lowest BCUT2D eigenvalue weighted by Crippen LogP contribution is -2.18. The zero-order chi connectivity index (χ0) is 17.0. The van der Waals surface area contributed by atoms with E-state index in [1.54, 1.807) is 18.3 Å². The first kappa shape index (κ1) is 16.3. The highest BCUT2D eigenvalue weighted by atomic mass is 32.2. The summed E-state index contributed by atoms with van der Waals surface area (Å²) in [5.41, 5.74) is 3.30. The molecule has 124 valence electrons. The highest BCUT2D eigenvalue weighted by molar-refractivity contribution is 7.92. The summed E-state index contributed by atoms with van der Waals surface area (Å²) in [6.07, 6.45) is 2.22. The fourth-order valence-electron chi connectivity index (χ4n) is 2.45. The summed E-state index contributed by atoms with van der Waals surface area (Å²) in [5, 5.41) is 0. The molecule has 0 saturated heterocycles. The van der Waals surface area contributed by atoms with E-state index in [9.17, 15) is 8.42 Å². The minimum atomic E-state index is -3.40. The van der Waals surface area contributed by atoms with E-state index in [2.05, 4.69) is 14.7 Å². The maximum absolute atomic E-state index is 12.3. The molecule has 0 fully saturated rings. The summed E-state index contributed by atoms with van der Waals surface area (Å²) in [7, 11) is -3.40. The van der Waals surface area contributed by atoms with Crippen LogP contribution in [0.25, 0.3) is 11.3 Å². The third-order valence-corrected chi connectivity index (χ3v) is 4.94. The van der Waals surface area contributed by atoms with Gasteiger partial charge in [-0.15, -0.1) is 0 Å². The van der Waals surface area contributed by atoms with Gasteiger partial charge in [-0.25, -0.2) is 13.4 Å². The van der Waals surface area contributed by atoms with E-state index in [0.717, 1.165) is 22.6 Å². The molecule has 0 atom stereocenters. The first-order valence-corrected chi connectivity index (χ1v) is 9.33. The molecule has 1 aromatic heterocycles. The predicted molar refractivity (Wildman–Crippen MR) is 96.3 cm³/mol. The molecular weight excluding hydrogens is 322 g/mol. The fourth-order valence-corrected chi connectivity index (χ4v) is 3.54. The Morgan fingerprint density at radius 2 is 1.88 bits per heavy atom. The number of nitrogens with zero attached hydrogens (tertiary/aromatic N) is 1. The van der Waals surface area contributed by atoms with Crippen LogP contribution in [-0.4, -0.2) is 24.1 Å². The molecule has 2 N–H and O–H groups in total. The number of benzene rings is 2. The minimum absolute atomic E-state index is 0.0460. The van der Waals surface area contributed by atoms with Crippen molar-refractivity contribution in [2.24, 2.45) is 0 Å². The second-order valence-electron chi connectivity index (χ2n) is 5.62. The van der Waals surface area contributed by atoms with Gasteiger partial charge in [0.25, 0.3) is 0 Å². The molecule has 3 aromatic rings.